The molecule has 0 spiro atoms. The minimum atomic E-state index is -3.07. The fourth-order valence-corrected chi connectivity index (χ4v) is 2.45. The number of sulfone groups is 1. The lowest BCUT2D eigenvalue weighted by Crippen LogP contribution is -2.46. The molecule has 1 unspecified atom stereocenters. The van der Waals surface area contributed by atoms with Crippen LogP contribution in [0.25, 0.3) is 0 Å². The molecule has 3 N–H and O–H groups in total. The van der Waals surface area contributed by atoms with Gasteiger partial charge in [0.15, 0.2) is 0 Å². The van der Waals surface area contributed by atoms with Crippen molar-refractivity contribution in [2.75, 3.05) is 12.0 Å². The Labute approximate surface area is 97.7 Å². The van der Waals surface area contributed by atoms with Gasteiger partial charge in [-0.05, 0) is 19.3 Å². The Balaban J connectivity index is 4.14. The van der Waals surface area contributed by atoms with Gasteiger partial charge in [0, 0.05) is 12.3 Å². The number of hydrogen-bond acceptors (Lipinski definition) is 4. The van der Waals surface area contributed by atoms with Crippen molar-refractivity contribution in [3.05, 3.63) is 0 Å². The molecule has 0 fully saturated rings. The van der Waals surface area contributed by atoms with E-state index in [9.17, 15) is 13.2 Å². The summed E-state index contributed by atoms with van der Waals surface area (Å²) in [4.78, 5) is 11.5. The highest BCUT2D eigenvalue weighted by molar-refractivity contribution is 7.90. The van der Waals surface area contributed by atoms with Crippen LogP contribution in [0.3, 0.4) is 0 Å². The van der Waals surface area contributed by atoms with E-state index in [1.165, 1.54) is 0 Å². The van der Waals surface area contributed by atoms with Crippen LogP contribution in [0.1, 0.15) is 27.2 Å². The lowest BCUT2D eigenvalue weighted by atomic mass is 10.0. The van der Waals surface area contributed by atoms with E-state index in [2.05, 4.69) is 5.32 Å². The Hall–Kier alpha value is -0.620. The number of hydrogen-bond donors (Lipinski definition) is 2. The zero-order valence-corrected chi connectivity index (χ0v) is 11.2. The quantitative estimate of drug-likeness (QED) is 0.689. The smallest absolute Gasteiger partial charge is 0.237 e. The molecule has 0 aliphatic rings. The molecule has 0 bridgehead atoms. The van der Waals surface area contributed by atoms with Gasteiger partial charge in [-0.1, -0.05) is 13.8 Å². The molecule has 0 aromatic rings. The van der Waals surface area contributed by atoms with Crippen molar-refractivity contribution in [3.63, 3.8) is 0 Å². The van der Waals surface area contributed by atoms with Gasteiger partial charge in [-0.25, -0.2) is 8.42 Å². The van der Waals surface area contributed by atoms with Crippen LogP contribution < -0.4 is 11.1 Å². The molecule has 0 heterocycles. The van der Waals surface area contributed by atoms with Gasteiger partial charge in [0.25, 0.3) is 0 Å². The SMILES string of the molecule is CC(C)C[C@@H](N)C(=O)NC(C)CS(C)(=O)=O. The summed E-state index contributed by atoms with van der Waals surface area (Å²) in [6.07, 6.45) is 1.74. The zero-order valence-electron chi connectivity index (χ0n) is 10.4. The van der Waals surface area contributed by atoms with Gasteiger partial charge in [-0.2, -0.15) is 0 Å². The first-order valence-electron chi connectivity index (χ1n) is 5.35. The summed E-state index contributed by atoms with van der Waals surface area (Å²) >= 11 is 0. The third-order valence-electron chi connectivity index (χ3n) is 2.00. The Kier molecular flexibility index (Phi) is 5.96. The zero-order chi connectivity index (χ0) is 12.9. The highest BCUT2D eigenvalue weighted by Crippen LogP contribution is 2.03. The molecular weight excluding hydrogens is 228 g/mol. The Morgan fingerprint density at radius 3 is 2.19 bits per heavy atom. The summed E-state index contributed by atoms with van der Waals surface area (Å²) < 4.78 is 22.0. The Bertz CT molecular complexity index is 325. The molecule has 0 aliphatic heterocycles. The van der Waals surface area contributed by atoms with Crippen LogP contribution in [-0.4, -0.2) is 38.4 Å². The molecule has 1 amide bonds. The molecule has 0 saturated carbocycles. The van der Waals surface area contributed by atoms with E-state index >= 15 is 0 Å². The van der Waals surface area contributed by atoms with E-state index in [0.717, 1.165) is 6.26 Å². The lowest BCUT2D eigenvalue weighted by molar-refractivity contribution is -0.123. The second-order valence-corrected chi connectivity index (χ2v) is 6.92. The van der Waals surface area contributed by atoms with E-state index in [4.69, 9.17) is 5.73 Å². The molecule has 0 rings (SSSR count). The molecule has 0 aromatic heterocycles. The molecule has 0 aromatic carbocycles. The normalized spacial score (nSPS) is 15.9. The summed E-state index contributed by atoms with van der Waals surface area (Å²) in [5, 5.41) is 2.60. The predicted molar refractivity (Wildman–Crippen MR) is 64.7 cm³/mol. The van der Waals surface area contributed by atoms with Crippen molar-refractivity contribution in [1.29, 1.82) is 0 Å². The summed E-state index contributed by atoms with van der Waals surface area (Å²) in [5.74, 6) is -0.0107. The van der Waals surface area contributed by atoms with Crippen LogP contribution in [-0.2, 0) is 14.6 Å². The first kappa shape index (κ1) is 15.4. The van der Waals surface area contributed by atoms with Crippen LogP contribution in [0.2, 0.25) is 0 Å². The second-order valence-electron chi connectivity index (χ2n) is 4.74. The lowest BCUT2D eigenvalue weighted by Gasteiger charge is -2.18. The predicted octanol–water partition coefficient (Wildman–Crippen LogP) is -0.0909. The van der Waals surface area contributed by atoms with Crippen molar-refractivity contribution < 1.29 is 13.2 Å². The fourth-order valence-electron chi connectivity index (χ4n) is 1.46. The number of nitrogens with one attached hydrogen (secondary N) is 1. The van der Waals surface area contributed by atoms with E-state index in [1.807, 2.05) is 13.8 Å². The maximum atomic E-state index is 11.5. The topological polar surface area (TPSA) is 89.3 Å². The van der Waals surface area contributed by atoms with Crippen LogP contribution in [0.4, 0.5) is 0 Å². The van der Waals surface area contributed by atoms with Crippen LogP contribution in [0.5, 0.6) is 0 Å². The number of rotatable bonds is 6. The maximum Gasteiger partial charge on any atom is 0.237 e. The van der Waals surface area contributed by atoms with Gasteiger partial charge in [0.05, 0.1) is 11.8 Å². The highest BCUT2D eigenvalue weighted by Gasteiger charge is 2.18. The minimum absolute atomic E-state index is 0.0624. The number of carbonyl (C=O) groups excluding carboxylic acids is 1. The third kappa shape index (κ3) is 7.64. The van der Waals surface area contributed by atoms with Crippen molar-refractivity contribution in [2.45, 2.75) is 39.3 Å². The Morgan fingerprint density at radius 2 is 1.81 bits per heavy atom. The average molecular weight is 250 g/mol. The van der Waals surface area contributed by atoms with Gasteiger partial charge >= 0.3 is 0 Å². The summed E-state index contributed by atoms with van der Waals surface area (Å²) in [6.45, 7) is 5.61. The van der Waals surface area contributed by atoms with Gasteiger partial charge < -0.3 is 11.1 Å². The van der Waals surface area contributed by atoms with E-state index in [-0.39, 0.29) is 11.7 Å². The maximum absolute atomic E-state index is 11.5. The standard InChI is InChI=1S/C10H22N2O3S/c1-7(2)5-9(11)10(13)12-8(3)6-16(4,14)15/h7-9H,5-6,11H2,1-4H3,(H,12,13)/t8?,9-/m1/s1. The average Bonchev–Trinajstić information content (AvgIpc) is 1.98. The Morgan fingerprint density at radius 1 is 1.31 bits per heavy atom. The molecule has 96 valence electrons. The molecule has 5 nitrogen and oxygen atoms in total. The molecule has 0 radical (unpaired) electrons. The number of nitrogens with two attached hydrogens (primary N) is 1. The molecule has 0 saturated heterocycles. The first-order valence-corrected chi connectivity index (χ1v) is 7.41. The van der Waals surface area contributed by atoms with Crippen molar-refractivity contribution >= 4 is 15.7 Å². The summed E-state index contributed by atoms with van der Waals surface area (Å²) in [5.41, 5.74) is 5.67. The monoisotopic (exact) mass is 250 g/mol. The largest absolute Gasteiger partial charge is 0.351 e. The molecule has 16 heavy (non-hydrogen) atoms. The van der Waals surface area contributed by atoms with Crippen LogP contribution >= 0.6 is 0 Å². The van der Waals surface area contributed by atoms with Crippen molar-refractivity contribution in [3.8, 4) is 0 Å². The third-order valence-corrected chi connectivity index (χ3v) is 3.11. The van der Waals surface area contributed by atoms with Crippen LogP contribution in [0.15, 0.2) is 0 Å². The highest BCUT2D eigenvalue weighted by atomic mass is 32.2. The van der Waals surface area contributed by atoms with Gasteiger partial charge in [0.2, 0.25) is 5.91 Å². The number of amides is 1. The minimum Gasteiger partial charge on any atom is -0.351 e. The second kappa shape index (κ2) is 6.20. The molecule has 6 heteroatoms. The summed E-state index contributed by atoms with van der Waals surface area (Å²) in [6, 6.07) is -0.970. The van der Waals surface area contributed by atoms with E-state index in [1.54, 1.807) is 6.92 Å². The first-order chi connectivity index (χ1) is 7.11. The van der Waals surface area contributed by atoms with E-state index < -0.39 is 21.9 Å². The molecule has 2 atom stereocenters. The van der Waals surface area contributed by atoms with Gasteiger partial charge in [-0.15, -0.1) is 0 Å². The van der Waals surface area contributed by atoms with Crippen molar-refractivity contribution in [2.24, 2.45) is 11.7 Å². The van der Waals surface area contributed by atoms with E-state index in [0.29, 0.717) is 12.3 Å². The fraction of sp³-hybridized carbons (Fsp3) is 0.900. The van der Waals surface area contributed by atoms with Gasteiger partial charge in [-0.3, -0.25) is 4.79 Å². The van der Waals surface area contributed by atoms with Gasteiger partial charge in [0.1, 0.15) is 9.84 Å². The van der Waals surface area contributed by atoms with Crippen LogP contribution in [0, 0.1) is 5.92 Å². The molecule has 0 aliphatic carbocycles. The molecular formula is C10H22N2O3S. The number of carbonyl (C=O) groups is 1. The summed E-state index contributed by atoms with van der Waals surface area (Å²) in [7, 11) is -3.07. The van der Waals surface area contributed by atoms with Crippen molar-refractivity contribution in [1.82, 2.24) is 5.32 Å².